The van der Waals surface area contributed by atoms with Gasteiger partial charge in [0.2, 0.25) is 0 Å². The Bertz CT molecular complexity index is 381. The molecule has 82 valence electrons. The smallest absolute Gasteiger partial charge is 0.129 e. The lowest BCUT2D eigenvalue weighted by Crippen LogP contribution is -2.27. The van der Waals surface area contributed by atoms with Crippen LogP contribution in [0.5, 0.6) is 0 Å². The maximum atomic E-state index is 13.4. The minimum atomic E-state index is -0.965. The van der Waals surface area contributed by atoms with Crippen LogP contribution < -0.4 is 5.73 Å². The van der Waals surface area contributed by atoms with E-state index in [9.17, 15) is 13.9 Å². The lowest BCUT2D eigenvalue weighted by Gasteiger charge is -2.17. The molecule has 2 rings (SSSR count). The molecule has 0 saturated carbocycles. The number of rotatable bonds is 0. The summed E-state index contributed by atoms with van der Waals surface area (Å²) in [7, 11) is 0. The zero-order valence-electron chi connectivity index (χ0n) is 8.21. The van der Waals surface area contributed by atoms with Crippen LogP contribution >= 0.6 is 0 Å². The predicted octanol–water partition coefficient (Wildman–Crippen LogP) is 1.66. The van der Waals surface area contributed by atoms with Crippen LogP contribution in [0.15, 0.2) is 12.1 Å². The van der Waals surface area contributed by atoms with Gasteiger partial charge < -0.3 is 10.8 Å². The molecule has 1 aromatic rings. The molecule has 2 atom stereocenters. The highest BCUT2D eigenvalue weighted by Crippen LogP contribution is 2.30. The van der Waals surface area contributed by atoms with E-state index in [4.69, 9.17) is 5.73 Å². The van der Waals surface area contributed by atoms with Crippen molar-refractivity contribution in [3.05, 3.63) is 34.9 Å². The number of hydrogen-bond donors (Lipinski definition) is 2. The first-order valence-corrected chi connectivity index (χ1v) is 5.01. The quantitative estimate of drug-likeness (QED) is 0.644. The van der Waals surface area contributed by atoms with E-state index in [1.807, 2.05) is 0 Å². The fraction of sp³-hybridized carbons (Fsp3) is 0.455. The van der Waals surface area contributed by atoms with Crippen LogP contribution in [-0.4, -0.2) is 11.1 Å². The molecule has 0 fully saturated rings. The van der Waals surface area contributed by atoms with Gasteiger partial charge in [-0.05, 0) is 36.5 Å². The fourth-order valence-corrected chi connectivity index (χ4v) is 2.05. The van der Waals surface area contributed by atoms with E-state index in [2.05, 4.69) is 0 Å². The number of hydrogen-bond acceptors (Lipinski definition) is 2. The van der Waals surface area contributed by atoms with Crippen LogP contribution in [0.2, 0.25) is 0 Å². The predicted molar refractivity (Wildman–Crippen MR) is 52.2 cm³/mol. The average molecular weight is 213 g/mol. The van der Waals surface area contributed by atoms with Crippen LogP contribution in [0.25, 0.3) is 0 Å². The fourth-order valence-electron chi connectivity index (χ4n) is 2.05. The minimum absolute atomic E-state index is 0.303. The highest BCUT2D eigenvalue weighted by Gasteiger charge is 2.25. The van der Waals surface area contributed by atoms with E-state index in [0.29, 0.717) is 30.4 Å². The van der Waals surface area contributed by atoms with Crippen molar-refractivity contribution < 1.29 is 13.9 Å². The molecule has 15 heavy (non-hydrogen) atoms. The van der Waals surface area contributed by atoms with E-state index in [0.717, 1.165) is 6.07 Å². The van der Waals surface area contributed by atoms with Gasteiger partial charge >= 0.3 is 0 Å². The SMILES string of the molecule is N[C@H]1CCCc2c(F)cc(F)cc2[C@@H]1O. The van der Waals surface area contributed by atoms with Crippen molar-refractivity contribution in [1.29, 1.82) is 0 Å². The Balaban J connectivity index is 2.53. The van der Waals surface area contributed by atoms with Crippen molar-refractivity contribution >= 4 is 0 Å². The molecule has 0 aromatic heterocycles. The van der Waals surface area contributed by atoms with Crippen molar-refractivity contribution in [3.8, 4) is 0 Å². The van der Waals surface area contributed by atoms with E-state index in [1.165, 1.54) is 6.07 Å². The Morgan fingerprint density at radius 1 is 1.33 bits per heavy atom. The third-order valence-electron chi connectivity index (χ3n) is 2.88. The van der Waals surface area contributed by atoms with E-state index >= 15 is 0 Å². The van der Waals surface area contributed by atoms with Gasteiger partial charge in [-0.3, -0.25) is 0 Å². The van der Waals surface area contributed by atoms with Gasteiger partial charge in [0.15, 0.2) is 0 Å². The first-order chi connectivity index (χ1) is 7.09. The van der Waals surface area contributed by atoms with Gasteiger partial charge in [0, 0.05) is 12.1 Å². The molecule has 0 heterocycles. The largest absolute Gasteiger partial charge is 0.387 e. The van der Waals surface area contributed by atoms with Gasteiger partial charge in [-0.2, -0.15) is 0 Å². The summed E-state index contributed by atoms with van der Waals surface area (Å²) in [5.74, 6) is -1.25. The van der Waals surface area contributed by atoms with Crippen molar-refractivity contribution in [1.82, 2.24) is 0 Å². The second-order valence-electron chi connectivity index (χ2n) is 3.96. The molecule has 1 aromatic carbocycles. The molecule has 0 radical (unpaired) electrons. The van der Waals surface area contributed by atoms with E-state index in [-0.39, 0.29) is 0 Å². The zero-order chi connectivity index (χ0) is 11.0. The molecule has 1 aliphatic carbocycles. The first-order valence-electron chi connectivity index (χ1n) is 5.01. The summed E-state index contributed by atoms with van der Waals surface area (Å²) < 4.78 is 26.4. The average Bonchev–Trinajstić information content (AvgIpc) is 2.30. The lowest BCUT2D eigenvalue weighted by atomic mass is 9.98. The molecule has 0 amide bonds. The maximum Gasteiger partial charge on any atom is 0.129 e. The summed E-state index contributed by atoms with van der Waals surface area (Å²) in [6, 6.07) is 1.59. The Morgan fingerprint density at radius 3 is 2.80 bits per heavy atom. The number of nitrogens with two attached hydrogens (primary N) is 1. The molecule has 0 unspecified atom stereocenters. The summed E-state index contributed by atoms with van der Waals surface area (Å²) in [5, 5.41) is 9.80. The van der Waals surface area contributed by atoms with Crippen LogP contribution in [0, 0.1) is 11.6 Å². The Hall–Kier alpha value is -1.00. The molecule has 1 aliphatic rings. The number of halogens is 2. The Kier molecular flexibility index (Phi) is 2.71. The molecule has 4 heteroatoms. The summed E-state index contributed by atoms with van der Waals surface area (Å²) >= 11 is 0. The maximum absolute atomic E-state index is 13.4. The molecular weight excluding hydrogens is 200 g/mol. The van der Waals surface area contributed by atoms with Crippen LogP contribution in [0.1, 0.15) is 30.1 Å². The summed E-state index contributed by atoms with van der Waals surface area (Å²) in [6.07, 6.45) is 0.879. The number of fused-ring (bicyclic) bond motifs is 1. The summed E-state index contributed by atoms with van der Waals surface area (Å²) in [6.45, 7) is 0. The number of benzene rings is 1. The first kappa shape index (κ1) is 10.5. The molecule has 3 N–H and O–H groups in total. The van der Waals surface area contributed by atoms with Crippen molar-refractivity contribution in [2.75, 3.05) is 0 Å². The summed E-state index contributed by atoms with van der Waals surface area (Å²) in [5.41, 5.74) is 6.40. The minimum Gasteiger partial charge on any atom is -0.387 e. The van der Waals surface area contributed by atoms with Crippen LogP contribution in [0.4, 0.5) is 8.78 Å². The van der Waals surface area contributed by atoms with E-state index in [1.54, 1.807) is 0 Å². The van der Waals surface area contributed by atoms with Gasteiger partial charge in [0.1, 0.15) is 11.6 Å². The van der Waals surface area contributed by atoms with Crippen LogP contribution in [0.3, 0.4) is 0 Å². The number of aliphatic hydroxyl groups is 1. The standard InChI is InChI=1S/C11H13F2NO/c12-6-4-8-7(9(13)5-6)2-1-3-10(14)11(8)15/h4-5,10-11,15H,1-3,14H2/t10-,11-/m0/s1. The number of aliphatic hydroxyl groups excluding tert-OH is 1. The molecule has 0 spiro atoms. The van der Waals surface area contributed by atoms with Gasteiger partial charge in [0.05, 0.1) is 6.10 Å². The Morgan fingerprint density at radius 2 is 2.07 bits per heavy atom. The van der Waals surface area contributed by atoms with Gasteiger partial charge in [0.25, 0.3) is 0 Å². The van der Waals surface area contributed by atoms with Crippen molar-refractivity contribution in [3.63, 3.8) is 0 Å². The van der Waals surface area contributed by atoms with Crippen molar-refractivity contribution in [2.45, 2.75) is 31.4 Å². The zero-order valence-corrected chi connectivity index (χ0v) is 8.21. The topological polar surface area (TPSA) is 46.2 Å². The van der Waals surface area contributed by atoms with Gasteiger partial charge in [-0.25, -0.2) is 8.78 Å². The second-order valence-corrected chi connectivity index (χ2v) is 3.96. The second kappa shape index (κ2) is 3.87. The normalized spacial score (nSPS) is 25.9. The highest BCUT2D eigenvalue weighted by molar-refractivity contribution is 5.33. The van der Waals surface area contributed by atoms with Crippen LogP contribution in [-0.2, 0) is 6.42 Å². The van der Waals surface area contributed by atoms with Gasteiger partial charge in [-0.15, -0.1) is 0 Å². The van der Waals surface area contributed by atoms with Crippen molar-refractivity contribution in [2.24, 2.45) is 5.73 Å². The van der Waals surface area contributed by atoms with E-state index < -0.39 is 23.8 Å². The molecule has 0 bridgehead atoms. The third-order valence-corrected chi connectivity index (χ3v) is 2.88. The Labute approximate surface area is 86.7 Å². The molecule has 0 aliphatic heterocycles. The molecule has 0 saturated heterocycles. The monoisotopic (exact) mass is 213 g/mol. The molecular formula is C11H13F2NO. The lowest BCUT2D eigenvalue weighted by molar-refractivity contribution is 0.143. The van der Waals surface area contributed by atoms with Gasteiger partial charge in [-0.1, -0.05) is 0 Å². The summed E-state index contributed by atoms with van der Waals surface area (Å²) in [4.78, 5) is 0. The molecule has 2 nitrogen and oxygen atoms in total. The third kappa shape index (κ3) is 1.87. The highest BCUT2D eigenvalue weighted by atomic mass is 19.1.